The number of aryl methyl sites for hydroxylation is 1. The Hall–Kier alpha value is -7.49. The van der Waals surface area contributed by atoms with Crippen molar-refractivity contribution in [2.75, 3.05) is 0 Å². The summed E-state index contributed by atoms with van der Waals surface area (Å²) in [5, 5.41) is 17.8. The molecule has 8 aromatic rings. The number of pyridine rings is 1. The lowest BCUT2D eigenvalue weighted by atomic mass is 10.1. The summed E-state index contributed by atoms with van der Waals surface area (Å²) in [5.74, 6) is 0. The molecule has 0 radical (unpaired) electrons. The molecule has 0 saturated carbocycles. The second-order valence-electron chi connectivity index (χ2n) is 13.1. The lowest BCUT2D eigenvalue weighted by Gasteiger charge is -2.10. The van der Waals surface area contributed by atoms with Crippen molar-refractivity contribution in [3.05, 3.63) is 209 Å². The molecule has 0 unspecified atom stereocenters. The molecular weight excluding hydrogens is 679 g/mol. The van der Waals surface area contributed by atoms with Crippen LogP contribution in [0.15, 0.2) is 159 Å². The topological polar surface area (TPSA) is 122 Å². The van der Waals surface area contributed by atoms with Crippen molar-refractivity contribution in [3.63, 3.8) is 0 Å². The lowest BCUT2D eigenvalue weighted by Crippen LogP contribution is -2.04. The number of hydrogen-bond donors (Lipinski definition) is 0. The van der Waals surface area contributed by atoms with Crippen molar-refractivity contribution in [2.45, 2.75) is 32.9 Å². The van der Waals surface area contributed by atoms with Crippen molar-refractivity contribution in [2.24, 2.45) is 0 Å². The highest BCUT2D eigenvalue weighted by atomic mass is 15.0. The van der Waals surface area contributed by atoms with Crippen LogP contribution in [0.2, 0.25) is 0 Å². The molecular formula is C46H37N9. The van der Waals surface area contributed by atoms with Crippen LogP contribution in [0.3, 0.4) is 0 Å². The normalized spacial score (nSPS) is 10.5. The van der Waals surface area contributed by atoms with E-state index in [2.05, 4.69) is 94.7 Å². The minimum Gasteiger partial charge on any atom is -0.330 e. The first-order chi connectivity index (χ1) is 27.0. The van der Waals surface area contributed by atoms with Gasteiger partial charge in [-0.2, -0.15) is 10.5 Å². The predicted octanol–water partition coefficient (Wildman–Crippen LogP) is 8.62. The molecule has 4 aromatic heterocycles. The molecule has 0 aliphatic rings. The minimum absolute atomic E-state index is 0.677. The first-order valence-electron chi connectivity index (χ1n) is 17.9. The van der Waals surface area contributed by atoms with E-state index in [9.17, 15) is 0 Å². The van der Waals surface area contributed by atoms with Crippen LogP contribution in [0, 0.1) is 29.6 Å². The van der Waals surface area contributed by atoms with Crippen LogP contribution in [0.4, 0.5) is 0 Å². The molecule has 0 fully saturated rings. The Bertz CT molecular complexity index is 2540. The van der Waals surface area contributed by atoms with Gasteiger partial charge in [0.25, 0.3) is 0 Å². The average molecular weight is 716 g/mol. The van der Waals surface area contributed by atoms with Crippen molar-refractivity contribution in [1.29, 1.82) is 10.5 Å². The maximum absolute atomic E-state index is 8.93. The van der Waals surface area contributed by atoms with E-state index in [1.807, 2.05) is 105 Å². The molecule has 9 heteroatoms. The zero-order chi connectivity index (χ0) is 37.8. The van der Waals surface area contributed by atoms with E-state index in [-0.39, 0.29) is 0 Å². The van der Waals surface area contributed by atoms with Crippen molar-refractivity contribution >= 4 is 0 Å². The van der Waals surface area contributed by atoms with Crippen LogP contribution in [0.25, 0.3) is 22.5 Å². The number of imidazole rings is 2. The zero-order valence-electron chi connectivity index (χ0n) is 30.4. The summed E-state index contributed by atoms with van der Waals surface area (Å²) in [7, 11) is 0. The number of aromatic nitrogens is 7. The maximum Gasteiger partial charge on any atom is 0.0991 e. The van der Waals surface area contributed by atoms with Gasteiger partial charge in [0.05, 0.1) is 53.0 Å². The highest BCUT2D eigenvalue weighted by molar-refractivity contribution is 5.61. The predicted molar refractivity (Wildman–Crippen MR) is 212 cm³/mol. The quantitative estimate of drug-likeness (QED) is 0.139. The smallest absolute Gasteiger partial charge is 0.0991 e. The van der Waals surface area contributed by atoms with E-state index in [0.29, 0.717) is 11.1 Å². The Morgan fingerprint density at radius 3 is 1.47 bits per heavy atom. The Labute approximate surface area is 320 Å². The second-order valence-corrected chi connectivity index (χ2v) is 13.1. The summed E-state index contributed by atoms with van der Waals surface area (Å²) in [6, 6.07) is 42.5. The third-order valence-electron chi connectivity index (χ3n) is 9.26. The number of hydrogen-bond acceptors (Lipinski definition) is 7. The van der Waals surface area contributed by atoms with Crippen molar-refractivity contribution in [3.8, 4) is 34.7 Å². The lowest BCUT2D eigenvalue weighted by molar-refractivity contribution is 0.753. The van der Waals surface area contributed by atoms with Crippen LogP contribution in [0.1, 0.15) is 50.5 Å². The molecule has 0 spiro atoms. The van der Waals surface area contributed by atoms with Gasteiger partial charge in [0.1, 0.15) is 0 Å². The molecule has 0 atom stereocenters. The fraction of sp³-hybridized carbons (Fsp3) is 0.109. The van der Waals surface area contributed by atoms with Gasteiger partial charge in [0, 0.05) is 79.4 Å². The van der Waals surface area contributed by atoms with Gasteiger partial charge in [-0.15, -0.1) is 0 Å². The molecule has 55 heavy (non-hydrogen) atoms. The SMILES string of the molecule is Cc1nccnc1-c1ccc(Cn2cncc2Cc2ccc(C#N)cc2)cc1.N#Cc1ccc(Cc2cncn2Cc2ccc(-c3ccccn3)cc2)cc1. The number of rotatable bonds is 10. The van der Waals surface area contributed by atoms with Crippen molar-refractivity contribution < 1.29 is 0 Å². The summed E-state index contributed by atoms with van der Waals surface area (Å²) in [6.07, 6.45) is 14.3. The third-order valence-corrected chi connectivity index (χ3v) is 9.26. The van der Waals surface area contributed by atoms with Gasteiger partial charge in [0.15, 0.2) is 0 Å². The van der Waals surface area contributed by atoms with Gasteiger partial charge in [-0.05, 0) is 65.6 Å². The summed E-state index contributed by atoms with van der Waals surface area (Å²) < 4.78 is 4.31. The van der Waals surface area contributed by atoms with E-state index in [0.717, 1.165) is 71.1 Å². The van der Waals surface area contributed by atoms with E-state index in [1.165, 1.54) is 16.7 Å². The van der Waals surface area contributed by atoms with E-state index >= 15 is 0 Å². The summed E-state index contributed by atoms with van der Waals surface area (Å²) in [6.45, 7) is 3.50. The summed E-state index contributed by atoms with van der Waals surface area (Å²) >= 11 is 0. The molecule has 8 rings (SSSR count). The number of nitriles is 2. The number of benzene rings is 4. The second kappa shape index (κ2) is 17.4. The van der Waals surface area contributed by atoms with E-state index in [4.69, 9.17) is 10.5 Å². The van der Waals surface area contributed by atoms with Crippen LogP contribution >= 0.6 is 0 Å². The van der Waals surface area contributed by atoms with Crippen LogP contribution in [-0.2, 0) is 25.9 Å². The molecule has 0 saturated heterocycles. The zero-order valence-corrected chi connectivity index (χ0v) is 30.4. The Morgan fingerprint density at radius 1 is 0.509 bits per heavy atom. The highest BCUT2D eigenvalue weighted by Crippen LogP contribution is 2.21. The van der Waals surface area contributed by atoms with E-state index in [1.54, 1.807) is 12.4 Å². The summed E-state index contributed by atoms with van der Waals surface area (Å²) in [5.41, 5.74) is 13.4. The first-order valence-corrected chi connectivity index (χ1v) is 17.9. The molecule has 0 bridgehead atoms. The molecule has 0 aliphatic heterocycles. The minimum atomic E-state index is 0.677. The maximum atomic E-state index is 8.93. The Kier molecular flexibility index (Phi) is 11.3. The van der Waals surface area contributed by atoms with Crippen molar-refractivity contribution in [1.82, 2.24) is 34.1 Å². The van der Waals surface area contributed by atoms with Gasteiger partial charge < -0.3 is 9.13 Å². The van der Waals surface area contributed by atoms with Gasteiger partial charge >= 0.3 is 0 Å². The molecule has 266 valence electrons. The Balaban J connectivity index is 0.000000169. The molecule has 0 amide bonds. The fourth-order valence-electron chi connectivity index (χ4n) is 6.25. The molecule has 0 N–H and O–H groups in total. The molecule has 4 heterocycles. The largest absolute Gasteiger partial charge is 0.330 e. The standard InChI is InChI=1S/C23H19N5.C23H18N4/c1-17-23(27-11-10-26-17)21-8-6-20(7-9-21)15-28-16-25-14-22(28)12-18-2-4-19(13-24)5-3-18;24-14-19-6-4-18(5-7-19)13-22-15-25-17-27(22)16-20-8-10-21(11-9-20)23-3-1-2-12-26-23/h2-11,14,16H,12,15H2,1H3;1-12,15,17H,13,16H2. The summed E-state index contributed by atoms with van der Waals surface area (Å²) in [4.78, 5) is 21.8. The average Bonchev–Trinajstić information content (AvgIpc) is 3.88. The highest BCUT2D eigenvalue weighted by Gasteiger charge is 2.09. The fourth-order valence-corrected chi connectivity index (χ4v) is 6.25. The Morgan fingerprint density at radius 2 is 1.00 bits per heavy atom. The third kappa shape index (κ3) is 9.31. The van der Waals surface area contributed by atoms with Gasteiger partial charge in [-0.1, -0.05) is 78.9 Å². The van der Waals surface area contributed by atoms with Crippen LogP contribution in [-0.4, -0.2) is 34.1 Å². The van der Waals surface area contributed by atoms with E-state index < -0.39 is 0 Å². The van der Waals surface area contributed by atoms with Crippen LogP contribution in [0.5, 0.6) is 0 Å². The molecule has 9 nitrogen and oxygen atoms in total. The molecule has 0 aliphatic carbocycles. The molecule has 4 aromatic carbocycles. The van der Waals surface area contributed by atoms with Gasteiger partial charge in [0.2, 0.25) is 0 Å². The monoisotopic (exact) mass is 715 g/mol. The van der Waals surface area contributed by atoms with Gasteiger partial charge in [-0.3, -0.25) is 15.0 Å². The van der Waals surface area contributed by atoms with Crippen LogP contribution < -0.4 is 0 Å². The van der Waals surface area contributed by atoms with Gasteiger partial charge in [-0.25, -0.2) is 9.97 Å². The number of nitrogens with zero attached hydrogens (tertiary/aromatic N) is 9. The first kappa shape index (κ1) is 35.9.